The maximum Gasteiger partial charge on any atom is 0.303 e. The Hall–Kier alpha value is -1.45. The van der Waals surface area contributed by atoms with Crippen LogP contribution in [0.4, 0.5) is 8.78 Å². The SMILES string of the molecule is O=C(O)CCCc1cccc(CC(F)F)c1. The normalized spacial score (nSPS) is 10.7. The third-order valence-electron chi connectivity index (χ3n) is 2.24. The molecule has 0 unspecified atom stereocenters. The summed E-state index contributed by atoms with van der Waals surface area (Å²) in [7, 11) is 0. The third kappa shape index (κ3) is 4.87. The Morgan fingerprint density at radius 2 is 2.00 bits per heavy atom. The second-order valence-electron chi connectivity index (χ2n) is 3.66. The lowest BCUT2D eigenvalue weighted by Crippen LogP contribution is -1.99. The second-order valence-corrected chi connectivity index (χ2v) is 3.66. The van der Waals surface area contributed by atoms with E-state index in [1.807, 2.05) is 6.07 Å². The first-order valence-electron chi connectivity index (χ1n) is 5.15. The van der Waals surface area contributed by atoms with Crippen LogP contribution in [0.1, 0.15) is 24.0 Å². The van der Waals surface area contributed by atoms with E-state index in [0.717, 1.165) is 5.56 Å². The molecule has 0 radical (unpaired) electrons. The maximum absolute atomic E-state index is 12.1. The zero-order valence-electron chi connectivity index (χ0n) is 8.83. The molecule has 0 fully saturated rings. The molecule has 0 atom stereocenters. The fourth-order valence-electron chi connectivity index (χ4n) is 1.53. The van der Waals surface area contributed by atoms with Gasteiger partial charge < -0.3 is 5.11 Å². The molecular weight excluding hydrogens is 214 g/mol. The standard InChI is InChI=1S/C12H14F2O2/c13-11(14)8-10-5-1-3-9(7-10)4-2-6-12(15)16/h1,3,5,7,11H,2,4,6,8H2,(H,15,16). The Morgan fingerprint density at radius 1 is 1.31 bits per heavy atom. The van der Waals surface area contributed by atoms with E-state index in [4.69, 9.17) is 5.11 Å². The molecule has 1 aromatic carbocycles. The Kier molecular flexibility index (Phi) is 4.89. The molecule has 88 valence electrons. The molecule has 0 heterocycles. The zero-order chi connectivity index (χ0) is 12.0. The first kappa shape index (κ1) is 12.6. The molecule has 1 N–H and O–H groups in total. The van der Waals surface area contributed by atoms with Crippen molar-refractivity contribution < 1.29 is 18.7 Å². The van der Waals surface area contributed by atoms with Gasteiger partial charge in [-0.25, -0.2) is 8.78 Å². The first-order chi connectivity index (χ1) is 7.58. The summed E-state index contributed by atoms with van der Waals surface area (Å²) >= 11 is 0. The van der Waals surface area contributed by atoms with E-state index < -0.39 is 12.4 Å². The van der Waals surface area contributed by atoms with Crippen LogP contribution in [0, 0.1) is 0 Å². The molecule has 0 aromatic heterocycles. The van der Waals surface area contributed by atoms with E-state index in [-0.39, 0.29) is 12.8 Å². The number of aryl methyl sites for hydroxylation is 1. The molecule has 0 amide bonds. The smallest absolute Gasteiger partial charge is 0.303 e. The number of rotatable bonds is 6. The van der Waals surface area contributed by atoms with Crippen molar-refractivity contribution in [3.05, 3.63) is 35.4 Å². The lowest BCUT2D eigenvalue weighted by Gasteiger charge is -2.04. The largest absolute Gasteiger partial charge is 0.481 e. The Labute approximate surface area is 92.9 Å². The predicted octanol–water partition coefficient (Wildman–Crippen LogP) is 2.90. The molecule has 0 saturated carbocycles. The predicted molar refractivity (Wildman–Crippen MR) is 56.7 cm³/mol. The molecular formula is C12H14F2O2. The molecule has 0 spiro atoms. The third-order valence-corrected chi connectivity index (χ3v) is 2.24. The van der Waals surface area contributed by atoms with Gasteiger partial charge in [-0.2, -0.15) is 0 Å². The van der Waals surface area contributed by atoms with Gasteiger partial charge in [-0.3, -0.25) is 4.79 Å². The Morgan fingerprint density at radius 3 is 2.62 bits per heavy atom. The van der Waals surface area contributed by atoms with Crippen molar-refractivity contribution in [2.45, 2.75) is 32.1 Å². The molecule has 4 heteroatoms. The van der Waals surface area contributed by atoms with Gasteiger partial charge in [0.1, 0.15) is 0 Å². The Balaban J connectivity index is 2.50. The van der Waals surface area contributed by atoms with Crippen LogP contribution in [0.25, 0.3) is 0 Å². The number of carboxylic acid groups (broad SMARTS) is 1. The van der Waals surface area contributed by atoms with E-state index in [0.29, 0.717) is 18.4 Å². The second kappa shape index (κ2) is 6.20. The molecule has 1 aromatic rings. The van der Waals surface area contributed by atoms with Gasteiger partial charge in [0.2, 0.25) is 6.43 Å². The van der Waals surface area contributed by atoms with Crippen LogP contribution < -0.4 is 0 Å². The van der Waals surface area contributed by atoms with Crippen molar-refractivity contribution >= 4 is 5.97 Å². The molecule has 16 heavy (non-hydrogen) atoms. The minimum absolute atomic E-state index is 0.110. The summed E-state index contributed by atoms with van der Waals surface area (Å²) in [6, 6.07) is 6.94. The van der Waals surface area contributed by atoms with Crippen LogP contribution in [-0.4, -0.2) is 17.5 Å². The van der Waals surface area contributed by atoms with Crippen molar-refractivity contribution in [1.29, 1.82) is 0 Å². The van der Waals surface area contributed by atoms with E-state index in [1.54, 1.807) is 18.2 Å². The lowest BCUT2D eigenvalue weighted by molar-refractivity contribution is -0.137. The van der Waals surface area contributed by atoms with Crippen molar-refractivity contribution in [2.24, 2.45) is 0 Å². The summed E-state index contributed by atoms with van der Waals surface area (Å²) in [5, 5.41) is 8.47. The highest BCUT2D eigenvalue weighted by molar-refractivity contribution is 5.66. The van der Waals surface area contributed by atoms with Gasteiger partial charge >= 0.3 is 5.97 Å². The van der Waals surface area contributed by atoms with E-state index in [9.17, 15) is 13.6 Å². The average Bonchev–Trinajstić information content (AvgIpc) is 2.16. The number of hydrogen-bond donors (Lipinski definition) is 1. The molecule has 0 aliphatic heterocycles. The number of carboxylic acids is 1. The number of alkyl halides is 2. The van der Waals surface area contributed by atoms with Gasteiger partial charge in [-0.1, -0.05) is 24.3 Å². The zero-order valence-corrected chi connectivity index (χ0v) is 8.83. The first-order valence-corrected chi connectivity index (χ1v) is 5.15. The highest BCUT2D eigenvalue weighted by atomic mass is 19.3. The van der Waals surface area contributed by atoms with Crippen LogP contribution in [0.5, 0.6) is 0 Å². The molecule has 2 nitrogen and oxygen atoms in total. The highest BCUT2D eigenvalue weighted by Gasteiger charge is 2.05. The minimum atomic E-state index is -2.34. The van der Waals surface area contributed by atoms with Gasteiger partial charge in [-0.15, -0.1) is 0 Å². The summed E-state index contributed by atoms with van der Waals surface area (Å²) in [6.45, 7) is 0. The fourth-order valence-corrected chi connectivity index (χ4v) is 1.53. The fraction of sp³-hybridized carbons (Fsp3) is 0.417. The molecule has 0 saturated heterocycles. The van der Waals surface area contributed by atoms with Crippen LogP contribution >= 0.6 is 0 Å². The maximum atomic E-state index is 12.1. The summed E-state index contributed by atoms with van der Waals surface area (Å²) in [5.41, 5.74) is 1.52. The number of benzene rings is 1. The van der Waals surface area contributed by atoms with Crippen molar-refractivity contribution in [3.8, 4) is 0 Å². The highest BCUT2D eigenvalue weighted by Crippen LogP contribution is 2.12. The summed E-state index contributed by atoms with van der Waals surface area (Å²) in [4.78, 5) is 10.3. The van der Waals surface area contributed by atoms with Crippen molar-refractivity contribution in [3.63, 3.8) is 0 Å². The average molecular weight is 228 g/mol. The van der Waals surface area contributed by atoms with Gasteiger partial charge in [0.05, 0.1) is 0 Å². The molecule has 0 bridgehead atoms. The number of carbonyl (C=O) groups is 1. The van der Waals surface area contributed by atoms with Crippen LogP contribution in [0.2, 0.25) is 0 Å². The number of halogens is 2. The van der Waals surface area contributed by atoms with Gasteiger partial charge in [0.15, 0.2) is 0 Å². The summed E-state index contributed by atoms with van der Waals surface area (Å²) < 4.78 is 24.3. The van der Waals surface area contributed by atoms with Crippen LogP contribution in [-0.2, 0) is 17.6 Å². The quantitative estimate of drug-likeness (QED) is 0.812. The van der Waals surface area contributed by atoms with Gasteiger partial charge in [0.25, 0.3) is 0 Å². The van der Waals surface area contributed by atoms with Crippen LogP contribution in [0.15, 0.2) is 24.3 Å². The molecule has 0 aliphatic rings. The van der Waals surface area contributed by atoms with E-state index in [2.05, 4.69) is 0 Å². The van der Waals surface area contributed by atoms with E-state index in [1.165, 1.54) is 0 Å². The molecule has 1 rings (SSSR count). The number of aliphatic carboxylic acids is 1. The van der Waals surface area contributed by atoms with Crippen molar-refractivity contribution in [2.75, 3.05) is 0 Å². The van der Waals surface area contributed by atoms with Crippen molar-refractivity contribution in [1.82, 2.24) is 0 Å². The van der Waals surface area contributed by atoms with Gasteiger partial charge in [0, 0.05) is 12.8 Å². The minimum Gasteiger partial charge on any atom is -0.481 e. The Bertz CT molecular complexity index is 351. The van der Waals surface area contributed by atoms with E-state index >= 15 is 0 Å². The monoisotopic (exact) mass is 228 g/mol. The molecule has 0 aliphatic carbocycles. The number of hydrogen-bond acceptors (Lipinski definition) is 1. The topological polar surface area (TPSA) is 37.3 Å². The summed E-state index contributed by atoms with van der Waals surface area (Å²) in [6.07, 6.45) is -1.32. The van der Waals surface area contributed by atoms with Gasteiger partial charge in [-0.05, 0) is 24.0 Å². The van der Waals surface area contributed by atoms with Crippen LogP contribution in [0.3, 0.4) is 0 Å². The lowest BCUT2D eigenvalue weighted by atomic mass is 10.0. The summed E-state index contributed by atoms with van der Waals surface area (Å²) in [5.74, 6) is -0.830.